The van der Waals surface area contributed by atoms with Crippen LogP contribution in [0.25, 0.3) is 10.8 Å². The summed E-state index contributed by atoms with van der Waals surface area (Å²) in [7, 11) is 0. The van der Waals surface area contributed by atoms with E-state index in [1.807, 2.05) is 24.3 Å². The summed E-state index contributed by atoms with van der Waals surface area (Å²) in [5.74, 6) is 5.87. The van der Waals surface area contributed by atoms with Crippen molar-refractivity contribution in [1.29, 1.82) is 0 Å². The maximum Gasteiger partial charge on any atom is 0.270 e. The van der Waals surface area contributed by atoms with Gasteiger partial charge in [0.15, 0.2) is 0 Å². The van der Waals surface area contributed by atoms with E-state index in [9.17, 15) is 4.79 Å². The van der Waals surface area contributed by atoms with Gasteiger partial charge in [0.1, 0.15) is 11.5 Å². The van der Waals surface area contributed by atoms with Gasteiger partial charge in [0.05, 0.1) is 0 Å². The molecule has 1 amide bonds. The van der Waals surface area contributed by atoms with Crippen molar-refractivity contribution in [2.45, 2.75) is 25.3 Å². The second-order valence-corrected chi connectivity index (χ2v) is 4.82. The fraction of sp³-hybridized carbons (Fsp3) is 0.286. The summed E-state index contributed by atoms with van der Waals surface area (Å²) in [5, 5.41) is 4.83. The molecule has 3 rings (SSSR count). The summed E-state index contributed by atoms with van der Waals surface area (Å²) in [6, 6.07) is 9.80. The van der Waals surface area contributed by atoms with Gasteiger partial charge in [-0.15, -0.1) is 0 Å². The summed E-state index contributed by atoms with van der Waals surface area (Å²) in [6.07, 6.45) is 3.30. The lowest BCUT2D eigenvalue weighted by Gasteiger charge is -2.26. The van der Waals surface area contributed by atoms with E-state index in [4.69, 9.17) is 5.84 Å². The van der Waals surface area contributed by atoms with Crippen LogP contribution in [-0.2, 0) is 0 Å². The molecule has 19 heavy (non-hydrogen) atoms. The number of fused-ring (bicyclic) bond motifs is 1. The minimum atomic E-state index is -0.132. The van der Waals surface area contributed by atoms with Gasteiger partial charge in [-0.3, -0.25) is 4.79 Å². The number of carbonyl (C=O) groups excluding carboxylic acids is 1. The van der Waals surface area contributed by atoms with E-state index in [1.54, 1.807) is 6.07 Å². The summed E-state index contributed by atoms with van der Waals surface area (Å²) in [6.45, 7) is 0. The van der Waals surface area contributed by atoms with Crippen LogP contribution in [0.4, 0.5) is 5.82 Å². The molecule has 4 N–H and O–H groups in total. The van der Waals surface area contributed by atoms with Crippen LogP contribution in [0.2, 0.25) is 0 Å². The maximum absolute atomic E-state index is 12.1. The Hall–Kier alpha value is -2.14. The fourth-order valence-electron chi connectivity index (χ4n) is 2.24. The Morgan fingerprint density at radius 3 is 2.79 bits per heavy atom. The molecule has 5 nitrogen and oxygen atoms in total. The van der Waals surface area contributed by atoms with Crippen LogP contribution in [-0.4, -0.2) is 16.9 Å². The first kappa shape index (κ1) is 11.9. The van der Waals surface area contributed by atoms with Crippen LogP contribution in [0.3, 0.4) is 0 Å². The topological polar surface area (TPSA) is 80.0 Å². The van der Waals surface area contributed by atoms with Gasteiger partial charge in [-0.25, -0.2) is 10.8 Å². The van der Waals surface area contributed by atoms with Crippen LogP contribution in [0.15, 0.2) is 30.3 Å². The third-order valence-corrected chi connectivity index (χ3v) is 3.55. The van der Waals surface area contributed by atoms with Gasteiger partial charge in [-0.2, -0.15) is 0 Å². The van der Waals surface area contributed by atoms with Gasteiger partial charge < -0.3 is 10.7 Å². The van der Waals surface area contributed by atoms with Crippen molar-refractivity contribution < 1.29 is 4.79 Å². The minimum absolute atomic E-state index is 0.132. The largest absolute Gasteiger partial charge is 0.348 e. The molecule has 0 saturated heterocycles. The molecule has 0 unspecified atom stereocenters. The Labute approximate surface area is 111 Å². The third-order valence-electron chi connectivity index (χ3n) is 3.55. The number of hydrazine groups is 1. The highest BCUT2D eigenvalue weighted by Crippen LogP contribution is 2.23. The van der Waals surface area contributed by atoms with Gasteiger partial charge in [0.2, 0.25) is 0 Å². The highest BCUT2D eigenvalue weighted by atomic mass is 16.1. The van der Waals surface area contributed by atoms with E-state index in [-0.39, 0.29) is 5.91 Å². The zero-order chi connectivity index (χ0) is 13.2. The minimum Gasteiger partial charge on any atom is -0.348 e. The van der Waals surface area contributed by atoms with Crippen LogP contribution in [0, 0.1) is 0 Å². The lowest BCUT2D eigenvalue weighted by molar-refractivity contribution is 0.0912. The number of carbonyl (C=O) groups is 1. The van der Waals surface area contributed by atoms with Crippen LogP contribution in [0.1, 0.15) is 29.8 Å². The Bertz CT molecular complexity index is 622. The molecule has 1 heterocycles. The smallest absolute Gasteiger partial charge is 0.270 e. The van der Waals surface area contributed by atoms with Gasteiger partial charge >= 0.3 is 0 Å². The molecule has 0 spiro atoms. The van der Waals surface area contributed by atoms with E-state index >= 15 is 0 Å². The van der Waals surface area contributed by atoms with E-state index in [2.05, 4.69) is 15.7 Å². The van der Waals surface area contributed by atoms with E-state index < -0.39 is 0 Å². The van der Waals surface area contributed by atoms with E-state index in [0.29, 0.717) is 17.6 Å². The zero-order valence-electron chi connectivity index (χ0n) is 10.5. The number of nitrogens with zero attached hydrogens (tertiary/aromatic N) is 1. The quantitative estimate of drug-likeness (QED) is 0.578. The number of amides is 1. The average molecular weight is 256 g/mol. The van der Waals surface area contributed by atoms with Gasteiger partial charge in [-0.05, 0) is 30.7 Å². The van der Waals surface area contributed by atoms with Crippen molar-refractivity contribution in [3.8, 4) is 0 Å². The first-order valence-electron chi connectivity index (χ1n) is 6.45. The molecular formula is C14H16N4O. The Balaban J connectivity index is 1.96. The standard InChI is InChI=1S/C14H16N4O/c15-18-13-11-7-2-1-4-9(11)8-12(17-13)14(19)16-10-5-3-6-10/h1-2,4,7-8,10H,3,5-6,15H2,(H,16,19)(H,17,18). The number of aromatic nitrogens is 1. The molecule has 0 bridgehead atoms. The molecule has 0 radical (unpaired) electrons. The summed E-state index contributed by atoms with van der Waals surface area (Å²) < 4.78 is 0. The number of nitrogen functional groups attached to an aromatic ring is 1. The zero-order valence-corrected chi connectivity index (χ0v) is 10.5. The molecule has 1 aliphatic rings. The fourth-order valence-corrected chi connectivity index (χ4v) is 2.24. The molecule has 98 valence electrons. The highest BCUT2D eigenvalue weighted by molar-refractivity contribution is 6.00. The van der Waals surface area contributed by atoms with Crippen molar-refractivity contribution in [1.82, 2.24) is 10.3 Å². The number of nitrogens with two attached hydrogens (primary N) is 1. The number of pyridine rings is 1. The van der Waals surface area contributed by atoms with Crippen molar-refractivity contribution in [3.63, 3.8) is 0 Å². The number of benzene rings is 1. The molecule has 0 aliphatic heterocycles. The third kappa shape index (κ3) is 2.24. The summed E-state index contributed by atoms with van der Waals surface area (Å²) in [4.78, 5) is 16.4. The molecule has 1 aromatic heterocycles. The second-order valence-electron chi connectivity index (χ2n) is 4.82. The average Bonchev–Trinajstić information content (AvgIpc) is 2.41. The predicted molar refractivity (Wildman–Crippen MR) is 74.7 cm³/mol. The first-order valence-corrected chi connectivity index (χ1v) is 6.45. The molecule has 1 aliphatic carbocycles. The van der Waals surface area contributed by atoms with Crippen LogP contribution < -0.4 is 16.6 Å². The monoisotopic (exact) mass is 256 g/mol. The lowest BCUT2D eigenvalue weighted by atomic mass is 9.93. The Kier molecular flexibility index (Phi) is 3.05. The molecule has 1 saturated carbocycles. The number of nitrogens with one attached hydrogen (secondary N) is 2. The Morgan fingerprint density at radius 2 is 2.11 bits per heavy atom. The van der Waals surface area contributed by atoms with Crippen LogP contribution in [0.5, 0.6) is 0 Å². The van der Waals surface area contributed by atoms with Gasteiger partial charge in [0, 0.05) is 11.4 Å². The first-order chi connectivity index (χ1) is 9.28. The van der Waals surface area contributed by atoms with Crippen molar-refractivity contribution >= 4 is 22.5 Å². The predicted octanol–water partition coefficient (Wildman–Crippen LogP) is 1.80. The molecule has 5 heteroatoms. The number of anilines is 1. The van der Waals surface area contributed by atoms with E-state index in [1.165, 1.54) is 6.42 Å². The lowest BCUT2D eigenvalue weighted by Crippen LogP contribution is -2.39. The molecule has 0 atom stereocenters. The molecule has 2 aromatic rings. The summed E-state index contributed by atoms with van der Waals surface area (Å²) >= 11 is 0. The number of hydrogen-bond acceptors (Lipinski definition) is 4. The Morgan fingerprint density at radius 1 is 1.32 bits per heavy atom. The van der Waals surface area contributed by atoms with Crippen molar-refractivity contribution in [3.05, 3.63) is 36.0 Å². The van der Waals surface area contributed by atoms with Crippen LogP contribution >= 0.6 is 0 Å². The van der Waals surface area contributed by atoms with Crippen molar-refractivity contribution in [2.75, 3.05) is 5.43 Å². The maximum atomic E-state index is 12.1. The summed E-state index contributed by atoms with van der Waals surface area (Å²) in [5.41, 5.74) is 2.96. The normalized spacial score (nSPS) is 15.0. The van der Waals surface area contributed by atoms with Gasteiger partial charge in [-0.1, -0.05) is 24.3 Å². The number of rotatable bonds is 3. The SMILES string of the molecule is NNc1nc(C(=O)NC2CCC2)cc2ccccc12. The van der Waals surface area contributed by atoms with Crippen molar-refractivity contribution in [2.24, 2.45) is 5.84 Å². The second kappa shape index (κ2) is 4.85. The molecule has 1 fully saturated rings. The highest BCUT2D eigenvalue weighted by Gasteiger charge is 2.21. The molecule has 1 aromatic carbocycles. The van der Waals surface area contributed by atoms with Gasteiger partial charge in [0.25, 0.3) is 5.91 Å². The number of hydrogen-bond donors (Lipinski definition) is 3. The van der Waals surface area contributed by atoms with E-state index in [0.717, 1.165) is 23.6 Å². The molecular weight excluding hydrogens is 240 g/mol.